The summed E-state index contributed by atoms with van der Waals surface area (Å²) in [6.45, 7) is 8.79. The Hall–Kier alpha value is -1.71. The summed E-state index contributed by atoms with van der Waals surface area (Å²) in [5.74, 6) is 0.495. The summed E-state index contributed by atoms with van der Waals surface area (Å²) < 4.78 is 5.15. The maximum atomic E-state index is 12.2. The number of fused-ring (bicyclic) bond motifs is 2. The van der Waals surface area contributed by atoms with Gasteiger partial charge in [0.25, 0.3) is 0 Å². The van der Waals surface area contributed by atoms with E-state index >= 15 is 0 Å². The lowest BCUT2D eigenvalue weighted by Crippen LogP contribution is -2.51. The molecule has 0 bridgehead atoms. The van der Waals surface area contributed by atoms with Gasteiger partial charge in [0.1, 0.15) is 18.8 Å². The van der Waals surface area contributed by atoms with Crippen molar-refractivity contribution in [1.29, 1.82) is 0 Å². The smallest absolute Gasteiger partial charge is 0.127 e. The summed E-state index contributed by atoms with van der Waals surface area (Å²) in [5.41, 5.74) is 3.20. The number of hydrogen-bond acceptors (Lipinski definition) is 4. The normalized spacial score (nSPS) is 43.4. The van der Waals surface area contributed by atoms with Gasteiger partial charge in [0.15, 0.2) is 0 Å². The molecule has 0 aromatic carbocycles. The highest BCUT2D eigenvalue weighted by atomic mass is 16.5. The van der Waals surface area contributed by atoms with E-state index in [2.05, 4.69) is 25.6 Å². The second-order valence-corrected chi connectivity index (χ2v) is 8.94. The van der Waals surface area contributed by atoms with Crippen molar-refractivity contribution in [2.45, 2.75) is 52.4 Å². The van der Waals surface area contributed by atoms with Gasteiger partial charge in [0, 0.05) is 23.8 Å². The summed E-state index contributed by atoms with van der Waals surface area (Å²) in [6.07, 6.45) is 9.52. The van der Waals surface area contributed by atoms with Crippen LogP contribution in [0.25, 0.3) is 0 Å². The van der Waals surface area contributed by atoms with Gasteiger partial charge in [-0.1, -0.05) is 31.2 Å². The van der Waals surface area contributed by atoms with E-state index in [0.717, 1.165) is 49.6 Å². The Balaban J connectivity index is 1.72. The highest BCUT2D eigenvalue weighted by Crippen LogP contribution is 2.62. The number of nitrogens with zero attached hydrogens (tertiary/aromatic N) is 1. The molecule has 6 atom stereocenters. The Morgan fingerprint density at radius 3 is 2.76 bits per heavy atom. The van der Waals surface area contributed by atoms with Gasteiger partial charge in [-0.05, 0) is 54.8 Å². The summed E-state index contributed by atoms with van der Waals surface area (Å²) in [4.78, 5) is 24.1. The van der Waals surface area contributed by atoms with E-state index in [1.54, 1.807) is 6.26 Å². The molecule has 6 unspecified atom stereocenters. The average Bonchev–Trinajstić information content (AvgIpc) is 3.17. The van der Waals surface area contributed by atoms with Crippen molar-refractivity contribution in [2.75, 3.05) is 0 Å². The van der Waals surface area contributed by atoms with E-state index < -0.39 is 0 Å². The van der Waals surface area contributed by atoms with Crippen molar-refractivity contribution in [2.24, 2.45) is 34.5 Å². The molecule has 0 aliphatic heterocycles. The van der Waals surface area contributed by atoms with E-state index in [1.165, 1.54) is 11.9 Å². The van der Waals surface area contributed by atoms with Crippen LogP contribution in [0.3, 0.4) is 0 Å². The standard InChI is InChI=1S/C21H27NO3/c1-13-4-5-17-16(11-24)18(6-7-20(13,17)2)21(3)9-14-12-25-22-19(14)8-15(21)10-23/h10-12,15-18H,1,4-9H2,2-3H3. The summed E-state index contributed by atoms with van der Waals surface area (Å²) >= 11 is 0. The third-order valence-corrected chi connectivity index (χ3v) is 8.02. The van der Waals surface area contributed by atoms with Gasteiger partial charge in [0.05, 0.1) is 5.69 Å². The topological polar surface area (TPSA) is 60.2 Å². The minimum atomic E-state index is -0.211. The summed E-state index contributed by atoms with van der Waals surface area (Å²) in [7, 11) is 0. The van der Waals surface area contributed by atoms with Crippen LogP contribution in [0.4, 0.5) is 0 Å². The van der Waals surface area contributed by atoms with Gasteiger partial charge in [-0.3, -0.25) is 0 Å². The maximum Gasteiger partial charge on any atom is 0.127 e. The van der Waals surface area contributed by atoms with Gasteiger partial charge in [-0.2, -0.15) is 0 Å². The number of carbonyl (C=O) groups is 2. The van der Waals surface area contributed by atoms with Crippen LogP contribution in [0.1, 0.15) is 50.8 Å². The number of hydrogen-bond donors (Lipinski definition) is 0. The molecular weight excluding hydrogens is 314 g/mol. The fraction of sp³-hybridized carbons (Fsp3) is 0.667. The molecule has 1 aromatic heterocycles. The first-order valence-electron chi connectivity index (χ1n) is 9.45. The van der Waals surface area contributed by atoms with Crippen molar-refractivity contribution in [3.05, 3.63) is 29.7 Å². The largest absolute Gasteiger partial charge is 0.364 e. The monoisotopic (exact) mass is 341 g/mol. The quantitative estimate of drug-likeness (QED) is 0.620. The van der Waals surface area contributed by atoms with Crippen molar-refractivity contribution in [1.82, 2.24) is 5.16 Å². The lowest BCUT2D eigenvalue weighted by atomic mass is 9.50. The third kappa shape index (κ3) is 2.22. The molecular formula is C21H27NO3. The number of aromatic nitrogens is 1. The van der Waals surface area contributed by atoms with Crippen LogP contribution in [-0.4, -0.2) is 17.7 Å². The highest BCUT2D eigenvalue weighted by Gasteiger charge is 2.57. The predicted molar refractivity (Wildman–Crippen MR) is 93.8 cm³/mol. The molecule has 1 heterocycles. The first-order valence-corrected chi connectivity index (χ1v) is 9.45. The van der Waals surface area contributed by atoms with Crippen molar-refractivity contribution in [3.8, 4) is 0 Å². The van der Waals surface area contributed by atoms with Gasteiger partial charge in [-0.25, -0.2) is 0 Å². The Labute approximate surface area is 149 Å². The minimum Gasteiger partial charge on any atom is -0.364 e. The van der Waals surface area contributed by atoms with E-state index in [0.29, 0.717) is 12.3 Å². The van der Waals surface area contributed by atoms with Crippen LogP contribution in [0, 0.1) is 34.5 Å². The molecule has 4 heteroatoms. The molecule has 0 N–H and O–H groups in total. The van der Waals surface area contributed by atoms with Gasteiger partial charge in [0.2, 0.25) is 0 Å². The van der Waals surface area contributed by atoms with Crippen LogP contribution in [0.2, 0.25) is 0 Å². The minimum absolute atomic E-state index is 0.00635. The lowest BCUT2D eigenvalue weighted by Gasteiger charge is -2.53. The summed E-state index contributed by atoms with van der Waals surface area (Å²) in [6, 6.07) is 0. The molecule has 0 saturated heterocycles. The Kier molecular flexibility index (Phi) is 3.78. The first-order chi connectivity index (χ1) is 11.9. The van der Waals surface area contributed by atoms with Crippen LogP contribution in [0.15, 0.2) is 22.9 Å². The molecule has 134 valence electrons. The molecule has 2 fully saturated rings. The van der Waals surface area contributed by atoms with Crippen LogP contribution >= 0.6 is 0 Å². The number of rotatable bonds is 3. The zero-order valence-electron chi connectivity index (χ0n) is 15.2. The number of aldehydes is 2. The van der Waals surface area contributed by atoms with Crippen LogP contribution < -0.4 is 0 Å². The zero-order valence-corrected chi connectivity index (χ0v) is 15.2. The molecule has 0 amide bonds. The number of carbonyl (C=O) groups excluding carboxylic acids is 2. The van der Waals surface area contributed by atoms with E-state index in [-0.39, 0.29) is 28.6 Å². The SMILES string of the molecule is C=C1CCC2C(C=O)C(C3(C)Cc4conc4CC3C=O)CCC12C. The molecule has 4 rings (SSSR count). The van der Waals surface area contributed by atoms with E-state index in [1.807, 2.05) is 0 Å². The Morgan fingerprint density at radius 2 is 2.04 bits per heavy atom. The first kappa shape index (κ1) is 16.7. The molecule has 1 aromatic rings. The molecule has 0 radical (unpaired) electrons. The van der Waals surface area contributed by atoms with Gasteiger partial charge in [-0.15, -0.1) is 0 Å². The second-order valence-electron chi connectivity index (χ2n) is 8.94. The average molecular weight is 341 g/mol. The predicted octanol–water partition coefficient (Wildman–Crippen LogP) is 3.79. The van der Waals surface area contributed by atoms with Crippen molar-refractivity contribution < 1.29 is 14.1 Å². The number of allylic oxidation sites excluding steroid dienone is 1. The van der Waals surface area contributed by atoms with Gasteiger partial charge < -0.3 is 14.1 Å². The maximum absolute atomic E-state index is 12.2. The fourth-order valence-corrected chi connectivity index (χ4v) is 6.25. The third-order valence-electron chi connectivity index (χ3n) is 8.02. The zero-order chi connectivity index (χ0) is 17.8. The fourth-order valence-electron chi connectivity index (χ4n) is 6.25. The highest BCUT2D eigenvalue weighted by molar-refractivity contribution is 5.60. The van der Waals surface area contributed by atoms with E-state index in [9.17, 15) is 9.59 Å². The Morgan fingerprint density at radius 1 is 1.24 bits per heavy atom. The second kappa shape index (κ2) is 5.65. The van der Waals surface area contributed by atoms with Crippen LogP contribution in [0.5, 0.6) is 0 Å². The van der Waals surface area contributed by atoms with E-state index in [4.69, 9.17) is 4.52 Å². The van der Waals surface area contributed by atoms with Crippen molar-refractivity contribution in [3.63, 3.8) is 0 Å². The van der Waals surface area contributed by atoms with Crippen LogP contribution in [-0.2, 0) is 22.4 Å². The van der Waals surface area contributed by atoms with Crippen molar-refractivity contribution >= 4 is 12.6 Å². The lowest BCUT2D eigenvalue weighted by molar-refractivity contribution is -0.129. The Bertz CT molecular complexity index is 722. The van der Waals surface area contributed by atoms with Gasteiger partial charge >= 0.3 is 0 Å². The molecule has 3 aliphatic carbocycles. The molecule has 25 heavy (non-hydrogen) atoms. The molecule has 0 spiro atoms. The molecule has 3 aliphatic rings. The summed E-state index contributed by atoms with van der Waals surface area (Å²) in [5, 5.41) is 4.06. The molecule has 4 nitrogen and oxygen atoms in total. The molecule has 2 saturated carbocycles.